The van der Waals surface area contributed by atoms with Crippen LogP contribution in [-0.2, 0) is 10.0 Å². The number of rotatable bonds is 3. The minimum atomic E-state index is -3.03. The standard InChI is InChI=1S/C10H21NO2S/c1-4-14(12,13)11-10-7-5-6-8(2)9(10)3/h8-11H,4-7H2,1-3H3/t8-,9-,10-/m1/s1. The molecule has 0 spiro atoms. The van der Waals surface area contributed by atoms with Crippen LogP contribution in [0.25, 0.3) is 0 Å². The van der Waals surface area contributed by atoms with E-state index in [2.05, 4.69) is 18.6 Å². The van der Waals surface area contributed by atoms with Gasteiger partial charge in [-0.05, 0) is 25.2 Å². The van der Waals surface area contributed by atoms with Gasteiger partial charge < -0.3 is 0 Å². The summed E-state index contributed by atoms with van der Waals surface area (Å²) in [5.41, 5.74) is 0. The molecule has 0 unspecified atom stereocenters. The van der Waals surface area contributed by atoms with Crippen LogP contribution in [-0.4, -0.2) is 20.2 Å². The van der Waals surface area contributed by atoms with Gasteiger partial charge in [0.2, 0.25) is 10.0 Å². The normalized spacial score (nSPS) is 34.4. The molecule has 0 aromatic carbocycles. The van der Waals surface area contributed by atoms with Crippen LogP contribution in [0, 0.1) is 11.8 Å². The van der Waals surface area contributed by atoms with Crippen LogP contribution in [0.5, 0.6) is 0 Å². The van der Waals surface area contributed by atoms with Gasteiger partial charge in [0.1, 0.15) is 0 Å². The first-order chi connectivity index (χ1) is 6.46. The van der Waals surface area contributed by atoms with Gasteiger partial charge in [-0.3, -0.25) is 0 Å². The van der Waals surface area contributed by atoms with Gasteiger partial charge in [0.15, 0.2) is 0 Å². The molecule has 4 heteroatoms. The summed E-state index contributed by atoms with van der Waals surface area (Å²) in [6.45, 7) is 6.03. The highest BCUT2D eigenvalue weighted by molar-refractivity contribution is 7.89. The van der Waals surface area contributed by atoms with E-state index in [9.17, 15) is 8.42 Å². The van der Waals surface area contributed by atoms with E-state index in [-0.39, 0.29) is 11.8 Å². The molecular formula is C10H21NO2S. The van der Waals surface area contributed by atoms with Crippen molar-refractivity contribution in [3.05, 3.63) is 0 Å². The molecule has 1 N–H and O–H groups in total. The van der Waals surface area contributed by atoms with Crippen LogP contribution in [0.4, 0.5) is 0 Å². The lowest BCUT2D eigenvalue weighted by Crippen LogP contribution is -2.44. The van der Waals surface area contributed by atoms with Gasteiger partial charge in [0.05, 0.1) is 5.75 Å². The lowest BCUT2D eigenvalue weighted by atomic mass is 9.78. The SMILES string of the molecule is CCS(=O)(=O)N[C@@H]1CCC[C@@H](C)[C@H]1C. The van der Waals surface area contributed by atoms with Gasteiger partial charge in [-0.2, -0.15) is 0 Å². The van der Waals surface area contributed by atoms with Crippen molar-refractivity contribution in [3.63, 3.8) is 0 Å². The highest BCUT2D eigenvalue weighted by atomic mass is 32.2. The second-order valence-electron chi connectivity index (χ2n) is 4.40. The van der Waals surface area contributed by atoms with E-state index in [1.807, 2.05) is 0 Å². The number of nitrogens with one attached hydrogen (secondary N) is 1. The number of hydrogen-bond donors (Lipinski definition) is 1. The zero-order valence-corrected chi connectivity index (χ0v) is 10.1. The fourth-order valence-corrected chi connectivity index (χ4v) is 3.02. The zero-order chi connectivity index (χ0) is 10.8. The largest absolute Gasteiger partial charge is 0.212 e. The average molecular weight is 219 g/mol. The molecule has 1 aliphatic rings. The maximum absolute atomic E-state index is 11.4. The molecule has 1 saturated carbocycles. The summed E-state index contributed by atoms with van der Waals surface area (Å²) in [4.78, 5) is 0. The first kappa shape index (κ1) is 12.0. The third-order valence-corrected chi connectivity index (χ3v) is 4.84. The van der Waals surface area contributed by atoms with Crippen LogP contribution in [0.3, 0.4) is 0 Å². The maximum atomic E-state index is 11.4. The predicted octanol–water partition coefficient (Wildman–Crippen LogP) is 1.75. The third-order valence-electron chi connectivity index (χ3n) is 3.42. The molecule has 3 atom stereocenters. The smallest absolute Gasteiger partial charge is 0.211 e. The molecule has 0 amide bonds. The molecule has 3 nitrogen and oxygen atoms in total. The number of sulfonamides is 1. The second kappa shape index (κ2) is 4.62. The predicted molar refractivity (Wildman–Crippen MR) is 58.6 cm³/mol. The van der Waals surface area contributed by atoms with E-state index < -0.39 is 10.0 Å². The van der Waals surface area contributed by atoms with Crippen LogP contribution in [0.15, 0.2) is 0 Å². The monoisotopic (exact) mass is 219 g/mol. The first-order valence-electron chi connectivity index (χ1n) is 5.46. The highest BCUT2D eigenvalue weighted by Gasteiger charge is 2.29. The van der Waals surface area contributed by atoms with Gasteiger partial charge in [-0.15, -0.1) is 0 Å². The Bertz CT molecular complexity index is 274. The van der Waals surface area contributed by atoms with Crippen LogP contribution >= 0.6 is 0 Å². The summed E-state index contributed by atoms with van der Waals surface area (Å²) in [5, 5.41) is 0. The lowest BCUT2D eigenvalue weighted by Gasteiger charge is -2.34. The Morgan fingerprint density at radius 1 is 1.29 bits per heavy atom. The molecule has 1 rings (SSSR count). The van der Waals surface area contributed by atoms with Gasteiger partial charge in [-0.25, -0.2) is 13.1 Å². The Morgan fingerprint density at radius 2 is 1.93 bits per heavy atom. The molecule has 0 saturated heterocycles. The Balaban J connectivity index is 2.60. The summed E-state index contributed by atoms with van der Waals surface area (Å²) in [5.74, 6) is 1.28. The van der Waals surface area contributed by atoms with E-state index >= 15 is 0 Å². The Kier molecular flexibility index (Phi) is 3.95. The van der Waals surface area contributed by atoms with E-state index in [1.54, 1.807) is 6.92 Å². The van der Waals surface area contributed by atoms with Gasteiger partial charge in [0, 0.05) is 6.04 Å². The van der Waals surface area contributed by atoms with Crippen molar-refractivity contribution in [2.45, 2.75) is 46.1 Å². The van der Waals surface area contributed by atoms with E-state index in [4.69, 9.17) is 0 Å². The molecule has 1 aliphatic carbocycles. The van der Waals surface area contributed by atoms with Crippen LogP contribution in [0.2, 0.25) is 0 Å². The number of hydrogen-bond acceptors (Lipinski definition) is 2. The maximum Gasteiger partial charge on any atom is 0.211 e. The minimum absolute atomic E-state index is 0.156. The van der Waals surface area contributed by atoms with Gasteiger partial charge in [-0.1, -0.05) is 26.7 Å². The van der Waals surface area contributed by atoms with Crippen molar-refractivity contribution < 1.29 is 8.42 Å². The van der Waals surface area contributed by atoms with E-state index in [0.717, 1.165) is 12.8 Å². The summed E-state index contributed by atoms with van der Waals surface area (Å²) >= 11 is 0. The lowest BCUT2D eigenvalue weighted by molar-refractivity contribution is 0.227. The molecule has 0 aliphatic heterocycles. The minimum Gasteiger partial charge on any atom is -0.212 e. The summed E-state index contributed by atoms with van der Waals surface area (Å²) in [6, 6.07) is 0.156. The molecule has 0 bridgehead atoms. The van der Waals surface area contributed by atoms with Crippen molar-refractivity contribution in [2.24, 2.45) is 11.8 Å². The van der Waals surface area contributed by atoms with Crippen molar-refractivity contribution in [1.82, 2.24) is 4.72 Å². The molecule has 0 heterocycles. The summed E-state index contributed by atoms with van der Waals surface area (Å²) in [6.07, 6.45) is 3.36. The quantitative estimate of drug-likeness (QED) is 0.786. The topological polar surface area (TPSA) is 46.2 Å². The summed E-state index contributed by atoms with van der Waals surface area (Å²) in [7, 11) is -3.03. The highest BCUT2D eigenvalue weighted by Crippen LogP contribution is 2.29. The Labute approximate surface area is 87.3 Å². The first-order valence-corrected chi connectivity index (χ1v) is 7.11. The Morgan fingerprint density at radius 3 is 2.50 bits per heavy atom. The third kappa shape index (κ3) is 2.95. The second-order valence-corrected chi connectivity index (χ2v) is 6.44. The average Bonchev–Trinajstić information content (AvgIpc) is 2.13. The van der Waals surface area contributed by atoms with Crippen molar-refractivity contribution in [1.29, 1.82) is 0 Å². The molecule has 14 heavy (non-hydrogen) atoms. The van der Waals surface area contributed by atoms with Gasteiger partial charge >= 0.3 is 0 Å². The zero-order valence-electron chi connectivity index (χ0n) is 9.29. The van der Waals surface area contributed by atoms with Gasteiger partial charge in [0.25, 0.3) is 0 Å². The molecule has 0 aromatic heterocycles. The fourth-order valence-electron chi connectivity index (χ4n) is 2.06. The fraction of sp³-hybridized carbons (Fsp3) is 1.00. The van der Waals surface area contributed by atoms with Crippen LogP contribution in [0.1, 0.15) is 40.0 Å². The Hall–Kier alpha value is -0.0900. The molecular weight excluding hydrogens is 198 g/mol. The molecule has 84 valence electrons. The van der Waals surface area contributed by atoms with E-state index in [0.29, 0.717) is 11.8 Å². The molecule has 0 aromatic rings. The molecule has 1 fully saturated rings. The van der Waals surface area contributed by atoms with Crippen molar-refractivity contribution in [3.8, 4) is 0 Å². The molecule has 0 radical (unpaired) electrons. The summed E-state index contributed by atoms with van der Waals surface area (Å²) < 4.78 is 25.6. The van der Waals surface area contributed by atoms with Crippen molar-refractivity contribution in [2.75, 3.05) is 5.75 Å². The van der Waals surface area contributed by atoms with Crippen LogP contribution < -0.4 is 4.72 Å². The van der Waals surface area contributed by atoms with E-state index in [1.165, 1.54) is 6.42 Å². The van der Waals surface area contributed by atoms with Crippen molar-refractivity contribution >= 4 is 10.0 Å².